The van der Waals surface area contributed by atoms with Gasteiger partial charge in [0.15, 0.2) is 0 Å². The van der Waals surface area contributed by atoms with Crippen molar-refractivity contribution in [2.24, 2.45) is 5.92 Å². The Bertz CT molecular complexity index is 443. The minimum absolute atomic E-state index is 0.131. The highest BCUT2D eigenvalue weighted by molar-refractivity contribution is 5.80. The van der Waals surface area contributed by atoms with Crippen LogP contribution in [0.2, 0.25) is 0 Å². The number of halogens is 1. The van der Waals surface area contributed by atoms with Crippen molar-refractivity contribution in [3.05, 3.63) is 30.1 Å². The Labute approximate surface area is 121 Å². The summed E-state index contributed by atoms with van der Waals surface area (Å²) in [5, 5.41) is 0. The summed E-state index contributed by atoms with van der Waals surface area (Å²) in [7, 11) is 0. The van der Waals surface area contributed by atoms with Gasteiger partial charge in [0.25, 0.3) is 0 Å². The Hall–Kier alpha value is -1.38. The molecule has 3 heteroatoms. The quantitative estimate of drug-likeness (QED) is 0.727. The molecular formula is C17H24FNO. The Morgan fingerprint density at radius 1 is 1.30 bits per heavy atom. The van der Waals surface area contributed by atoms with Crippen molar-refractivity contribution >= 4 is 11.5 Å². The highest BCUT2D eigenvalue weighted by Crippen LogP contribution is 2.32. The Morgan fingerprint density at radius 2 is 2.00 bits per heavy atom. The molecule has 1 heterocycles. The number of carbonyl (C=O) groups is 1. The van der Waals surface area contributed by atoms with Crippen molar-refractivity contribution < 1.29 is 9.18 Å². The number of nitrogens with zero attached hydrogens (tertiary/aromatic N) is 1. The average Bonchev–Trinajstić information content (AvgIpc) is 2.84. The number of rotatable bonds is 6. The second-order valence-corrected chi connectivity index (χ2v) is 5.82. The van der Waals surface area contributed by atoms with Crippen LogP contribution in [0.15, 0.2) is 24.3 Å². The van der Waals surface area contributed by atoms with Crippen molar-refractivity contribution in [3.63, 3.8) is 0 Å². The van der Waals surface area contributed by atoms with E-state index in [2.05, 4.69) is 11.8 Å². The van der Waals surface area contributed by atoms with Crippen LogP contribution >= 0.6 is 0 Å². The first-order valence-corrected chi connectivity index (χ1v) is 7.64. The van der Waals surface area contributed by atoms with E-state index in [-0.39, 0.29) is 17.5 Å². The topological polar surface area (TPSA) is 20.3 Å². The highest BCUT2D eigenvalue weighted by atomic mass is 19.1. The summed E-state index contributed by atoms with van der Waals surface area (Å²) in [5.41, 5.74) is 1.04. The van der Waals surface area contributed by atoms with Gasteiger partial charge in [-0.25, -0.2) is 4.39 Å². The summed E-state index contributed by atoms with van der Waals surface area (Å²) < 4.78 is 13.1. The SMILES string of the molecule is CCCCC[C@H]1C[C@H](C(C)=O)CN1c1ccc(F)cc1. The van der Waals surface area contributed by atoms with E-state index in [4.69, 9.17) is 0 Å². The molecule has 1 saturated heterocycles. The lowest BCUT2D eigenvalue weighted by Gasteiger charge is -2.26. The third-order valence-electron chi connectivity index (χ3n) is 4.29. The zero-order valence-corrected chi connectivity index (χ0v) is 12.4. The van der Waals surface area contributed by atoms with Gasteiger partial charge in [0.05, 0.1) is 0 Å². The van der Waals surface area contributed by atoms with E-state index in [1.165, 1.54) is 31.4 Å². The molecule has 0 amide bonds. The van der Waals surface area contributed by atoms with Crippen molar-refractivity contribution in [1.29, 1.82) is 0 Å². The standard InChI is InChI=1S/C17H24FNO/c1-3-4-5-6-17-11-14(13(2)20)12-19(17)16-9-7-15(18)8-10-16/h7-10,14,17H,3-6,11-12H2,1-2H3/t14-,17-/m0/s1. The Morgan fingerprint density at radius 3 is 2.60 bits per heavy atom. The van der Waals surface area contributed by atoms with Gasteiger partial charge in [0.1, 0.15) is 11.6 Å². The first-order valence-electron chi connectivity index (χ1n) is 7.64. The van der Waals surface area contributed by atoms with Crippen LogP contribution in [0.4, 0.5) is 10.1 Å². The van der Waals surface area contributed by atoms with Crippen LogP contribution < -0.4 is 4.90 Å². The molecule has 2 atom stereocenters. The van der Waals surface area contributed by atoms with Gasteiger partial charge in [0, 0.05) is 24.2 Å². The third kappa shape index (κ3) is 3.59. The van der Waals surface area contributed by atoms with Crippen molar-refractivity contribution in [1.82, 2.24) is 0 Å². The first-order chi connectivity index (χ1) is 9.61. The minimum atomic E-state index is -0.210. The molecule has 110 valence electrons. The van der Waals surface area contributed by atoms with Crippen molar-refractivity contribution in [3.8, 4) is 0 Å². The number of anilines is 1. The van der Waals surface area contributed by atoms with Crippen molar-refractivity contribution in [2.45, 2.75) is 52.0 Å². The number of benzene rings is 1. The molecule has 0 bridgehead atoms. The molecule has 1 aromatic rings. The zero-order valence-electron chi connectivity index (χ0n) is 12.4. The van der Waals surface area contributed by atoms with Crippen LogP contribution in [0.3, 0.4) is 0 Å². The number of hydrogen-bond acceptors (Lipinski definition) is 2. The predicted octanol–water partition coefficient (Wildman–Crippen LogP) is 4.19. The molecule has 1 aliphatic rings. The second kappa shape index (κ2) is 6.87. The van der Waals surface area contributed by atoms with E-state index < -0.39 is 0 Å². The van der Waals surface area contributed by atoms with Crippen LogP contribution in [0.5, 0.6) is 0 Å². The van der Waals surface area contributed by atoms with Crippen LogP contribution in [-0.2, 0) is 4.79 Å². The maximum Gasteiger partial charge on any atom is 0.134 e. The number of hydrogen-bond donors (Lipinski definition) is 0. The summed E-state index contributed by atoms with van der Waals surface area (Å²) in [6, 6.07) is 7.06. The number of unbranched alkanes of at least 4 members (excludes halogenated alkanes) is 2. The molecular weight excluding hydrogens is 253 g/mol. The smallest absolute Gasteiger partial charge is 0.134 e. The molecule has 1 aliphatic heterocycles. The largest absolute Gasteiger partial charge is 0.368 e. The number of ketones is 1. The lowest BCUT2D eigenvalue weighted by Crippen LogP contribution is -2.29. The van der Waals surface area contributed by atoms with E-state index in [0.717, 1.165) is 25.1 Å². The normalized spacial score (nSPS) is 22.2. The van der Waals surface area contributed by atoms with Crippen molar-refractivity contribution in [2.75, 3.05) is 11.4 Å². The average molecular weight is 277 g/mol. The van der Waals surface area contributed by atoms with Crippen LogP contribution in [0.25, 0.3) is 0 Å². The third-order valence-corrected chi connectivity index (χ3v) is 4.29. The van der Waals surface area contributed by atoms with E-state index in [0.29, 0.717) is 6.04 Å². The molecule has 0 unspecified atom stereocenters. The molecule has 20 heavy (non-hydrogen) atoms. The summed E-state index contributed by atoms with van der Waals surface area (Å²) >= 11 is 0. The molecule has 0 aromatic heterocycles. The van der Waals surface area contributed by atoms with Gasteiger partial charge in [0.2, 0.25) is 0 Å². The molecule has 2 rings (SSSR count). The Kier molecular flexibility index (Phi) is 5.16. The fourth-order valence-corrected chi connectivity index (χ4v) is 3.06. The maximum absolute atomic E-state index is 13.1. The van der Waals surface area contributed by atoms with Crippen LogP contribution in [0, 0.1) is 11.7 Å². The summed E-state index contributed by atoms with van der Waals surface area (Å²) in [6.07, 6.45) is 5.70. The Balaban J connectivity index is 2.09. The van der Waals surface area contributed by atoms with Gasteiger partial charge in [-0.05, 0) is 44.0 Å². The van der Waals surface area contributed by atoms with Crippen LogP contribution in [-0.4, -0.2) is 18.4 Å². The van der Waals surface area contributed by atoms with E-state index >= 15 is 0 Å². The monoisotopic (exact) mass is 277 g/mol. The minimum Gasteiger partial charge on any atom is -0.368 e. The zero-order chi connectivity index (χ0) is 14.5. The first kappa shape index (κ1) is 15.0. The van der Waals surface area contributed by atoms with Gasteiger partial charge in [-0.3, -0.25) is 4.79 Å². The maximum atomic E-state index is 13.1. The predicted molar refractivity (Wildman–Crippen MR) is 80.5 cm³/mol. The molecule has 2 nitrogen and oxygen atoms in total. The lowest BCUT2D eigenvalue weighted by atomic mass is 9.98. The lowest BCUT2D eigenvalue weighted by molar-refractivity contribution is -0.120. The van der Waals surface area contributed by atoms with Gasteiger partial charge in [-0.15, -0.1) is 0 Å². The van der Waals surface area contributed by atoms with E-state index in [1.54, 1.807) is 6.92 Å². The molecule has 0 radical (unpaired) electrons. The fraction of sp³-hybridized carbons (Fsp3) is 0.588. The summed E-state index contributed by atoms with van der Waals surface area (Å²) in [6.45, 7) is 4.66. The molecule has 1 aromatic carbocycles. The molecule has 0 saturated carbocycles. The van der Waals surface area contributed by atoms with Crippen LogP contribution in [0.1, 0.15) is 46.0 Å². The summed E-state index contributed by atoms with van der Waals surface area (Å²) in [4.78, 5) is 14.0. The van der Waals surface area contributed by atoms with E-state index in [1.807, 2.05) is 12.1 Å². The van der Waals surface area contributed by atoms with Gasteiger partial charge in [-0.1, -0.05) is 26.2 Å². The number of Topliss-reactive ketones (excluding diaryl/α,β-unsaturated/α-hetero) is 1. The fourth-order valence-electron chi connectivity index (χ4n) is 3.06. The van der Waals surface area contributed by atoms with Gasteiger partial charge >= 0.3 is 0 Å². The van der Waals surface area contributed by atoms with E-state index in [9.17, 15) is 9.18 Å². The summed E-state index contributed by atoms with van der Waals surface area (Å²) in [5.74, 6) is 0.195. The molecule has 0 N–H and O–H groups in total. The van der Waals surface area contributed by atoms with Gasteiger partial charge in [-0.2, -0.15) is 0 Å². The highest BCUT2D eigenvalue weighted by Gasteiger charge is 2.33. The van der Waals surface area contributed by atoms with Gasteiger partial charge < -0.3 is 4.90 Å². The number of carbonyl (C=O) groups excluding carboxylic acids is 1. The molecule has 0 spiro atoms. The second-order valence-electron chi connectivity index (χ2n) is 5.82. The molecule has 0 aliphatic carbocycles. The molecule has 1 fully saturated rings.